The van der Waals surface area contributed by atoms with E-state index in [1.54, 1.807) is 0 Å². The number of benzene rings is 6. The summed E-state index contributed by atoms with van der Waals surface area (Å²) in [6, 6.07) is 45.9. The first kappa shape index (κ1) is 30.1. The molecule has 7 aromatic rings. The molecule has 0 amide bonds. The number of anilines is 3. The first-order valence-corrected chi connectivity index (χ1v) is 20.7. The van der Waals surface area contributed by atoms with Gasteiger partial charge in [0.15, 0.2) is 0 Å². The van der Waals surface area contributed by atoms with Crippen LogP contribution in [0.5, 0.6) is 0 Å². The zero-order valence-corrected chi connectivity index (χ0v) is 30.2. The summed E-state index contributed by atoms with van der Waals surface area (Å²) in [6.07, 6.45) is 11.3. The summed E-state index contributed by atoms with van der Waals surface area (Å²) < 4.78 is 6.87. The monoisotopic (exact) mass is 669 g/mol. The number of hydrogen-bond acceptors (Lipinski definition) is 2. The summed E-state index contributed by atoms with van der Waals surface area (Å²) in [5, 5.41) is 2.41. The van der Waals surface area contributed by atoms with Crippen molar-refractivity contribution in [3.8, 4) is 22.3 Å². The van der Waals surface area contributed by atoms with Crippen LogP contribution in [0.3, 0.4) is 0 Å². The Morgan fingerprint density at radius 3 is 2.18 bits per heavy atom. The van der Waals surface area contributed by atoms with E-state index in [2.05, 4.69) is 153 Å². The van der Waals surface area contributed by atoms with Crippen molar-refractivity contribution in [1.29, 1.82) is 0 Å². The molecule has 2 nitrogen and oxygen atoms in total. The fourth-order valence-electron chi connectivity index (χ4n) is 9.60. The Kier molecular flexibility index (Phi) is 6.56. The minimum Gasteiger partial charge on any atom is -0.456 e. The maximum atomic E-state index is 6.87. The quantitative estimate of drug-likeness (QED) is 0.185. The normalized spacial score (nSPS) is 17.7. The van der Waals surface area contributed by atoms with Crippen LogP contribution in [0, 0.1) is 0 Å². The highest BCUT2D eigenvalue weighted by molar-refractivity contribution is 8.33. The second-order valence-electron chi connectivity index (χ2n) is 15.6. The van der Waals surface area contributed by atoms with E-state index in [9.17, 15) is 0 Å². The van der Waals surface area contributed by atoms with Gasteiger partial charge in [-0.15, -0.1) is 0 Å². The standard InChI is InChI=1S/C47H43NOS/c1-47(2)39-20-10-8-16-34(39)35-26-24-32(29-40(35)47)48(31-25-27-44-38(28-31)36-17-9-11-23-43(36)50(44,3)4)41-21-13-22-42-45(41)37-19-12-18-33(46(37)49-42)30-14-6-5-7-15-30/h8-13,16-30H,5-7,14-15H2,1-4H3. The van der Waals surface area contributed by atoms with Crippen LogP contribution < -0.4 is 4.90 Å². The number of rotatable bonds is 4. The molecular formula is C47H43NOS. The van der Waals surface area contributed by atoms with E-state index in [1.165, 1.54) is 103 Å². The zero-order chi connectivity index (χ0) is 33.8. The summed E-state index contributed by atoms with van der Waals surface area (Å²) in [4.78, 5) is 5.46. The van der Waals surface area contributed by atoms with Crippen LogP contribution in [-0.2, 0) is 5.41 Å². The van der Waals surface area contributed by atoms with E-state index in [0.29, 0.717) is 5.92 Å². The summed E-state index contributed by atoms with van der Waals surface area (Å²) in [7, 11) is -1.09. The van der Waals surface area contributed by atoms with Gasteiger partial charge in [-0.3, -0.25) is 0 Å². The second kappa shape index (κ2) is 10.9. The number of nitrogens with zero attached hydrogens (tertiary/aromatic N) is 1. The van der Waals surface area contributed by atoms with Gasteiger partial charge >= 0.3 is 0 Å². The van der Waals surface area contributed by atoms with Crippen molar-refractivity contribution in [2.45, 2.75) is 67.1 Å². The highest BCUT2D eigenvalue weighted by Crippen LogP contribution is 2.67. The topological polar surface area (TPSA) is 16.4 Å². The van der Waals surface area contributed by atoms with Crippen LogP contribution in [-0.4, -0.2) is 12.5 Å². The minimum atomic E-state index is -1.09. The second-order valence-corrected chi connectivity index (χ2v) is 19.1. The molecule has 1 saturated carbocycles. The van der Waals surface area contributed by atoms with Crippen LogP contribution in [0.15, 0.2) is 136 Å². The fourth-order valence-corrected chi connectivity index (χ4v) is 12.1. The third kappa shape index (κ3) is 4.23. The largest absolute Gasteiger partial charge is 0.456 e. The third-order valence-corrected chi connectivity index (χ3v) is 15.1. The van der Waals surface area contributed by atoms with Crippen molar-refractivity contribution in [2.24, 2.45) is 0 Å². The van der Waals surface area contributed by atoms with Gasteiger partial charge in [-0.2, -0.15) is 10.0 Å². The Morgan fingerprint density at radius 2 is 1.32 bits per heavy atom. The first-order valence-electron chi connectivity index (χ1n) is 18.3. The van der Waals surface area contributed by atoms with Gasteiger partial charge in [0.25, 0.3) is 0 Å². The molecule has 0 unspecified atom stereocenters. The smallest absolute Gasteiger partial charge is 0.138 e. The van der Waals surface area contributed by atoms with Gasteiger partial charge in [0.05, 0.1) is 11.1 Å². The van der Waals surface area contributed by atoms with E-state index in [-0.39, 0.29) is 5.41 Å². The molecule has 2 heterocycles. The minimum absolute atomic E-state index is 0.0961. The molecule has 2 aliphatic carbocycles. The van der Waals surface area contributed by atoms with E-state index in [4.69, 9.17) is 4.42 Å². The molecule has 1 fully saturated rings. The van der Waals surface area contributed by atoms with E-state index in [1.807, 2.05) is 0 Å². The SMILES string of the molecule is CC1(C)c2ccccc2-c2ccc(N(c3ccc4c(c3)-c3ccccc3S4(C)C)c3cccc4oc5c(C6CCCCC6)cccc5c34)cc21. The molecule has 10 rings (SSSR count). The number of fused-ring (bicyclic) bond motifs is 9. The van der Waals surface area contributed by atoms with Gasteiger partial charge in [0, 0.05) is 32.0 Å². The maximum absolute atomic E-state index is 6.87. The molecule has 1 aromatic heterocycles. The Hall–Kier alpha value is -4.73. The van der Waals surface area contributed by atoms with E-state index < -0.39 is 10.0 Å². The third-order valence-electron chi connectivity index (χ3n) is 12.1. The molecule has 3 aliphatic rings. The summed E-state index contributed by atoms with van der Waals surface area (Å²) in [6.45, 7) is 4.75. The lowest BCUT2D eigenvalue weighted by Crippen LogP contribution is -2.16. The Labute approximate surface area is 297 Å². The predicted octanol–water partition coefficient (Wildman–Crippen LogP) is 13.9. The van der Waals surface area contributed by atoms with Gasteiger partial charge in [0.1, 0.15) is 11.2 Å². The molecule has 0 spiro atoms. The zero-order valence-electron chi connectivity index (χ0n) is 29.4. The fraction of sp³-hybridized carbons (Fsp3) is 0.234. The molecule has 0 atom stereocenters. The average molecular weight is 670 g/mol. The van der Waals surface area contributed by atoms with Gasteiger partial charge in [-0.05, 0) is 119 Å². The highest BCUT2D eigenvalue weighted by Gasteiger charge is 2.37. The highest BCUT2D eigenvalue weighted by atomic mass is 32.3. The molecule has 0 bridgehead atoms. The summed E-state index contributed by atoms with van der Waals surface area (Å²) in [5.74, 6) is 0.566. The molecule has 248 valence electrons. The van der Waals surface area contributed by atoms with Crippen molar-refractivity contribution < 1.29 is 4.42 Å². The van der Waals surface area contributed by atoms with Crippen molar-refractivity contribution in [2.75, 3.05) is 17.4 Å². The molecule has 1 aliphatic heterocycles. The van der Waals surface area contributed by atoms with Crippen LogP contribution in [0.25, 0.3) is 44.2 Å². The predicted molar refractivity (Wildman–Crippen MR) is 213 cm³/mol. The average Bonchev–Trinajstić information content (AvgIpc) is 3.72. The Morgan fingerprint density at radius 1 is 0.620 bits per heavy atom. The van der Waals surface area contributed by atoms with Crippen LogP contribution >= 0.6 is 10.0 Å². The van der Waals surface area contributed by atoms with Crippen molar-refractivity contribution >= 4 is 49.0 Å². The maximum Gasteiger partial charge on any atom is 0.138 e. The number of furan rings is 1. The van der Waals surface area contributed by atoms with Crippen molar-refractivity contribution in [1.82, 2.24) is 0 Å². The van der Waals surface area contributed by atoms with Gasteiger partial charge in [-0.25, -0.2) is 0 Å². The number of para-hydroxylation sites is 1. The molecule has 50 heavy (non-hydrogen) atoms. The lowest BCUT2D eigenvalue weighted by molar-refractivity contribution is 0.442. The van der Waals surface area contributed by atoms with Gasteiger partial charge < -0.3 is 9.32 Å². The van der Waals surface area contributed by atoms with Crippen molar-refractivity contribution in [3.63, 3.8) is 0 Å². The number of hydrogen-bond donors (Lipinski definition) is 0. The summed E-state index contributed by atoms with van der Waals surface area (Å²) in [5.41, 5.74) is 15.0. The molecule has 0 saturated heterocycles. The summed E-state index contributed by atoms with van der Waals surface area (Å²) >= 11 is 0. The van der Waals surface area contributed by atoms with Crippen LogP contribution in [0.1, 0.15) is 68.6 Å². The lowest BCUT2D eigenvalue weighted by atomic mass is 9.82. The Balaban J connectivity index is 1.23. The lowest BCUT2D eigenvalue weighted by Gasteiger charge is -2.30. The molecule has 6 aromatic carbocycles. The van der Waals surface area contributed by atoms with E-state index >= 15 is 0 Å². The molecule has 0 radical (unpaired) electrons. The van der Waals surface area contributed by atoms with Crippen LogP contribution in [0.4, 0.5) is 17.1 Å². The van der Waals surface area contributed by atoms with E-state index in [0.717, 1.165) is 16.9 Å². The van der Waals surface area contributed by atoms with Gasteiger partial charge in [-0.1, -0.05) is 106 Å². The first-order chi connectivity index (χ1) is 24.3. The van der Waals surface area contributed by atoms with Crippen LogP contribution in [0.2, 0.25) is 0 Å². The molecular weight excluding hydrogens is 627 g/mol. The Bertz CT molecular complexity index is 2490. The van der Waals surface area contributed by atoms with Crippen molar-refractivity contribution in [3.05, 3.63) is 138 Å². The van der Waals surface area contributed by atoms with Gasteiger partial charge in [0.2, 0.25) is 0 Å². The molecule has 3 heteroatoms. The molecule has 0 N–H and O–H groups in total.